The van der Waals surface area contributed by atoms with Gasteiger partial charge in [-0.1, -0.05) is 44.4 Å². The van der Waals surface area contributed by atoms with Gasteiger partial charge in [0.25, 0.3) is 0 Å². The predicted octanol–water partition coefficient (Wildman–Crippen LogP) is 6.57. The lowest BCUT2D eigenvalue weighted by molar-refractivity contribution is 0.163. The molecule has 1 N–H and O–H groups in total. The van der Waals surface area contributed by atoms with Crippen molar-refractivity contribution in [1.29, 1.82) is 0 Å². The van der Waals surface area contributed by atoms with Gasteiger partial charge in [0.15, 0.2) is 0 Å². The number of rotatable bonds is 10. The second-order valence-electron chi connectivity index (χ2n) is 7.64. The molecular formula is C23H32ClNOS. The molecule has 27 heavy (non-hydrogen) atoms. The van der Waals surface area contributed by atoms with Gasteiger partial charge in [0.05, 0.1) is 11.5 Å². The number of anilines is 1. The summed E-state index contributed by atoms with van der Waals surface area (Å²) in [6, 6.07) is 13.3. The number of halogens is 1. The van der Waals surface area contributed by atoms with Gasteiger partial charge in [0, 0.05) is 23.2 Å². The van der Waals surface area contributed by atoms with Crippen molar-refractivity contribution in [3.8, 4) is 0 Å². The van der Waals surface area contributed by atoms with Crippen LogP contribution in [0.1, 0.15) is 68.4 Å². The molecule has 0 saturated carbocycles. The molecule has 2 aromatic rings. The summed E-state index contributed by atoms with van der Waals surface area (Å²) in [5.41, 5.74) is 2.27. The Balaban J connectivity index is 1.56. The number of alkyl halides is 1. The minimum Gasteiger partial charge on any atom is -0.388 e. The van der Waals surface area contributed by atoms with Crippen LogP contribution in [-0.2, 0) is 6.42 Å². The number of nitrogens with zero attached hydrogens (tertiary/aromatic N) is 1. The molecule has 1 aliphatic rings. The predicted molar refractivity (Wildman–Crippen MR) is 118 cm³/mol. The first-order chi connectivity index (χ1) is 13.2. The van der Waals surface area contributed by atoms with Crippen molar-refractivity contribution >= 4 is 28.6 Å². The van der Waals surface area contributed by atoms with Crippen molar-refractivity contribution in [2.45, 2.75) is 75.8 Å². The van der Waals surface area contributed by atoms with Crippen molar-refractivity contribution in [3.63, 3.8) is 0 Å². The average molecular weight is 406 g/mol. The second kappa shape index (κ2) is 10.5. The monoisotopic (exact) mass is 405 g/mol. The molecule has 0 radical (unpaired) electrons. The minimum atomic E-state index is -0.341. The lowest BCUT2D eigenvalue weighted by Gasteiger charge is -2.28. The van der Waals surface area contributed by atoms with Crippen LogP contribution in [0.25, 0.3) is 0 Å². The van der Waals surface area contributed by atoms with Crippen molar-refractivity contribution in [2.75, 3.05) is 11.4 Å². The van der Waals surface area contributed by atoms with Gasteiger partial charge in [0.2, 0.25) is 0 Å². The average Bonchev–Trinajstić information content (AvgIpc) is 3.32. The molecule has 1 aromatic carbocycles. The van der Waals surface area contributed by atoms with Gasteiger partial charge >= 0.3 is 0 Å². The first-order valence-electron chi connectivity index (χ1n) is 10.4. The summed E-state index contributed by atoms with van der Waals surface area (Å²) in [6.45, 7) is 3.22. The summed E-state index contributed by atoms with van der Waals surface area (Å²) in [5, 5.41) is 12.8. The highest BCUT2D eigenvalue weighted by atomic mass is 35.5. The molecule has 3 rings (SSSR count). The number of hydrogen-bond acceptors (Lipinski definition) is 3. The Morgan fingerprint density at radius 3 is 2.70 bits per heavy atom. The van der Waals surface area contributed by atoms with Gasteiger partial charge in [-0.25, -0.2) is 0 Å². The smallest absolute Gasteiger partial charge is 0.0790 e. The maximum atomic E-state index is 10.4. The van der Waals surface area contributed by atoms with E-state index in [1.807, 2.05) is 11.3 Å². The number of thiophene rings is 1. The van der Waals surface area contributed by atoms with E-state index in [4.69, 9.17) is 11.6 Å². The number of aliphatic hydroxyl groups is 1. The third-order valence-corrected chi connectivity index (χ3v) is 7.10. The summed E-state index contributed by atoms with van der Waals surface area (Å²) in [7, 11) is 0. The van der Waals surface area contributed by atoms with E-state index in [-0.39, 0.29) is 11.5 Å². The van der Waals surface area contributed by atoms with Crippen molar-refractivity contribution < 1.29 is 5.11 Å². The van der Waals surface area contributed by atoms with E-state index in [2.05, 4.69) is 53.6 Å². The van der Waals surface area contributed by atoms with Crippen LogP contribution in [0.4, 0.5) is 5.69 Å². The fourth-order valence-electron chi connectivity index (χ4n) is 4.06. The quantitative estimate of drug-likeness (QED) is 0.357. The maximum Gasteiger partial charge on any atom is 0.0790 e. The molecule has 2 nitrogen and oxygen atoms in total. The van der Waals surface area contributed by atoms with E-state index in [1.54, 1.807) is 0 Å². The first-order valence-corrected chi connectivity index (χ1v) is 11.7. The standard InChI is InChI=1S/C23H32ClNOS/c1-2-3-4-10-23(26)18-11-13-19(14-12-18)25-16-15-21(24)22(25)9-5-7-20-8-6-17-27-20/h6,8,11-14,17,21-23,26H,2-5,7,9-10,15-16H2,1H3. The van der Waals surface area contributed by atoms with E-state index in [1.165, 1.54) is 29.8 Å². The zero-order valence-electron chi connectivity index (χ0n) is 16.3. The Hall–Kier alpha value is -1.03. The number of unbranched alkanes of at least 4 members (excludes halogenated alkanes) is 2. The van der Waals surface area contributed by atoms with Gasteiger partial charge in [-0.2, -0.15) is 0 Å². The highest BCUT2D eigenvalue weighted by molar-refractivity contribution is 7.09. The van der Waals surface area contributed by atoms with Crippen molar-refractivity contribution in [2.24, 2.45) is 0 Å². The fourth-order valence-corrected chi connectivity index (χ4v) is 5.17. The third kappa shape index (κ3) is 5.73. The molecule has 4 heteroatoms. The van der Waals surface area contributed by atoms with E-state index in [9.17, 15) is 5.11 Å². The molecule has 3 unspecified atom stereocenters. The Labute approximate surface area is 173 Å². The van der Waals surface area contributed by atoms with Crippen LogP contribution in [0.2, 0.25) is 0 Å². The Kier molecular flexibility index (Phi) is 8.05. The van der Waals surface area contributed by atoms with Crippen LogP contribution in [0.15, 0.2) is 41.8 Å². The molecule has 1 aliphatic heterocycles. The molecule has 1 fully saturated rings. The molecule has 1 saturated heterocycles. The summed E-state index contributed by atoms with van der Waals surface area (Å²) < 4.78 is 0. The zero-order valence-corrected chi connectivity index (χ0v) is 17.9. The molecule has 2 heterocycles. The SMILES string of the molecule is CCCCCC(O)c1ccc(N2CCC(Cl)C2CCCc2cccs2)cc1. The molecular weight excluding hydrogens is 374 g/mol. The minimum absolute atomic E-state index is 0.229. The van der Waals surface area contributed by atoms with Crippen LogP contribution >= 0.6 is 22.9 Å². The van der Waals surface area contributed by atoms with E-state index < -0.39 is 0 Å². The summed E-state index contributed by atoms with van der Waals surface area (Å²) in [5.74, 6) is 0. The van der Waals surface area contributed by atoms with Gasteiger partial charge in [-0.05, 0) is 61.2 Å². The lowest BCUT2D eigenvalue weighted by atomic mass is 10.0. The lowest BCUT2D eigenvalue weighted by Crippen LogP contribution is -2.33. The second-order valence-corrected chi connectivity index (χ2v) is 9.23. The van der Waals surface area contributed by atoms with E-state index in [0.29, 0.717) is 6.04 Å². The van der Waals surface area contributed by atoms with Crippen molar-refractivity contribution in [1.82, 2.24) is 0 Å². The third-order valence-electron chi connectivity index (χ3n) is 5.66. The number of aryl methyl sites for hydroxylation is 1. The summed E-state index contributed by atoms with van der Waals surface area (Å²) in [6.07, 6.45) is 8.48. The summed E-state index contributed by atoms with van der Waals surface area (Å²) in [4.78, 5) is 3.94. The number of benzene rings is 1. The van der Waals surface area contributed by atoms with Crippen LogP contribution in [-0.4, -0.2) is 23.1 Å². The van der Waals surface area contributed by atoms with Gasteiger partial charge in [0.1, 0.15) is 0 Å². The van der Waals surface area contributed by atoms with E-state index >= 15 is 0 Å². The Bertz CT molecular complexity index is 658. The molecule has 148 valence electrons. The van der Waals surface area contributed by atoms with Crippen molar-refractivity contribution in [3.05, 3.63) is 52.2 Å². The molecule has 1 aromatic heterocycles. The van der Waals surface area contributed by atoms with Gasteiger partial charge in [-0.3, -0.25) is 0 Å². The van der Waals surface area contributed by atoms with Crippen LogP contribution < -0.4 is 4.90 Å². The summed E-state index contributed by atoms with van der Waals surface area (Å²) >= 11 is 8.50. The largest absolute Gasteiger partial charge is 0.388 e. The van der Waals surface area contributed by atoms with Crippen LogP contribution in [0.3, 0.4) is 0 Å². The molecule has 0 spiro atoms. The first kappa shape index (κ1) is 20.7. The molecule has 3 atom stereocenters. The molecule has 0 bridgehead atoms. The fraction of sp³-hybridized carbons (Fsp3) is 0.565. The zero-order chi connectivity index (χ0) is 19.1. The van der Waals surface area contributed by atoms with Crippen LogP contribution in [0, 0.1) is 0 Å². The Morgan fingerprint density at radius 1 is 1.19 bits per heavy atom. The number of aliphatic hydroxyl groups excluding tert-OH is 1. The van der Waals surface area contributed by atoms with E-state index in [0.717, 1.165) is 44.2 Å². The highest BCUT2D eigenvalue weighted by Crippen LogP contribution is 2.33. The Morgan fingerprint density at radius 2 is 2.00 bits per heavy atom. The topological polar surface area (TPSA) is 23.5 Å². The molecule has 0 aliphatic carbocycles. The number of hydrogen-bond donors (Lipinski definition) is 1. The van der Waals surface area contributed by atoms with Gasteiger partial charge < -0.3 is 10.0 Å². The highest BCUT2D eigenvalue weighted by Gasteiger charge is 2.32. The maximum absolute atomic E-state index is 10.4. The normalized spacial score (nSPS) is 20.9. The molecule has 0 amide bonds. The van der Waals surface area contributed by atoms with Gasteiger partial charge in [-0.15, -0.1) is 22.9 Å². The van der Waals surface area contributed by atoms with Crippen LogP contribution in [0.5, 0.6) is 0 Å².